The molecule has 0 aromatic heterocycles. The van der Waals surface area contributed by atoms with E-state index in [9.17, 15) is 4.39 Å². The van der Waals surface area contributed by atoms with E-state index in [1.807, 2.05) is 18.2 Å². The van der Waals surface area contributed by atoms with Gasteiger partial charge in [0.1, 0.15) is 5.82 Å². The lowest BCUT2D eigenvalue weighted by atomic mass is 9.99. The highest BCUT2D eigenvalue weighted by atomic mass is 79.9. The first-order valence-corrected chi connectivity index (χ1v) is 8.11. The highest BCUT2D eigenvalue weighted by molar-refractivity contribution is 9.11. The zero-order chi connectivity index (χ0) is 14.5. The molecule has 2 aromatic carbocycles. The molecule has 0 aliphatic heterocycles. The van der Waals surface area contributed by atoms with Gasteiger partial charge in [0.25, 0.3) is 0 Å². The Bertz CT molecular complexity index is 549. The van der Waals surface area contributed by atoms with E-state index in [2.05, 4.69) is 56.2 Å². The third kappa shape index (κ3) is 4.40. The van der Waals surface area contributed by atoms with Gasteiger partial charge in [-0.1, -0.05) is 50.9 Å². The Kier molecular flexibility index (Phi) is 5.75. The van der Waals surface area contributed by atoms with Gasteiger partial charge >= 0.3 is 0 Å². The normalized spacial score (nSPS) is 12.4. The summed E-state index contributed by atoms with van der Waals surface area (Å²) in [5, 5.41) is 3.48. The lowest BCUT2D eigenvalue weighted by Gasteiger charge is -2.19. The molecule has 0 saturated heterocycles. The minimum atomic E-state index is -0.195. The second kappa shape index (κ2) is 7.34. The van der Waals surface area contributed by atoms with Gasteiger partial charge in [-0.3, -0.25) is 0 Å². The predicted octanol–water partition coefficient (Wildman–Crippen LogP) is 5.24. The van der Waals surface area contributed by atoms with Crippen LogP contribution >= 0.6 is 31.9 Å². The van der Waals surface area contributed by atoms with Crippen molar-refractivity contribution in [2.75, 3.05) is 6.54 Å². The number of benzene rings is 2. The molecular formula is C16H16Br2FN. The number of nitrogens with one attached hydrogen (secondary N) is 1. The molecule has 0 radical (unpaired) electrons. The van der Waals surface area contributed by atoms with Crippen molar-refractivity contribution in [1.82, 2.24) is 5.32 Å². The third-order valence-corrected chi connectivity index (χ3v) is 4.01. The molecule has 0 bridgehead atoms. The summed E-state index contributed by atoms with van der Waals surface area (Å²) in [6.07, 6.45) is 0.830. The SMILES string of the molecule is CCNC(Cc1ccc(F)cc1)c1cc(Br)cc(Br)c1. The average Bonchev–Trinajstić information content (AvgIpc) is 2.39. The first-order chi connectivity index (χ1) is 9.58. The van der Waals surface area contributed by atoms with E-state index in [0.717, 1.165) is 27.5 Å². The fraction of sp³-hybridized carbons (Fsp3) is 0.250. The fourth-order valence-corrected chi connectivity index (χ4v) is 3.52. The Labute approximate surface area is 135 Å². The molecule has 1 atom stereocenters. The van der Waals surface area contributed by atoms with Crippen LogP contribution in [0.5, 0.6) is 0 Å². The van der Waals surface area contributed by atoms with E-state index in [-0.39, 0.29) is 11.9 Å². The first kappa shape index (κ1) is 15.7. The third-order valence-electron chi connectivity index (χ3n) is 3.09. The Morgan fingerprint density at radius 2 is 1.65 bits per heavy atom. The van der Waals surface area contributed by atoms with Gasteiger partial charge in [-0.05, 0) is 54.4 Å². The Balaban J connectivity index is 2.23. The molecule has 0 heterocycles. The predicted molar refractivity (Wildman–Crippen MR) is 88.4 cm³/mol. The van der Waals surface area contributed by atoms with Crippen LogP contribution in [0.25, 0.3) is 0 Å². The molecule has 0 aliphatic carbocycles. The van der Waals surface area contributed by atoms with Gasteiger partial charge in [0.05, 0.1) is 0 Å². The number of halogens is 3. The maximum absolute atomic E-state index is 13.0. The lowest BCUT2D eigenvalue weighted by molar-refractivity contribution is 0.548. The van der Waals surface area contributed by atoms with Crippen LogP contribution in [0, 0.1) is 5.82 Å². The smallest absolute Gasteiger partial charge is 0.123 e. The van der Waals surface area contributed by atoms with Crippen molar-refractivity contribution >= 4 is 31.9 Å². The minimum Gasteiger partial charge on any atom is -0.310 e. The lowest BCUT2D eigenvalue weighted by Crippen LogP contribution is -2.23. The molecular weight excluding hydrogens is 385 g/mol. The van der Waals surface area contributed by atoms with Crippen molar-refractivity contribution in [3.63, 3.8) is 0 Å². The van der Waals surface area contributed by atoms with Crippen LogP contribution in [0.15, 0.2) is 51.4 Å². The maximum atomic E-state index is 13.0. The maximum Gasteiger partial charge on any atom is 0.123 e. The first-order valence-electron chi connectivity index (χ1n) is 6.52. The van der Waals surface area contributed by atoms with Crippen LogP contribution in [-0.2, 0) is 6.42 Å². The summed E-state index contributed by atoms with van der Waals surface area (Å²) < 4.78 is 15.1. The molecule has 0 aliphatic rings. The topological polar surface area (TPSA) is 12.0 Å². The molecule has 1 nitrogen and oxygen atoms in total. The van der Waals surface area contributed by atoms with E-state index >= 15 is 0 Å². The molecule has 4 heteroatoms. The quantitative estimate of drug-likeness (QED) is 0.723. The number of hydrogen-bond donors (Lipinski definition) is 1. The number of hydrogen-bond acceptors (Lipinski definition) is 1. The van der Waals surface area contributed by atoms with Gasteiger partial charge < -0.3 is 5.32 Å². The van der Waals surface area contributed by atoms with Crippen LogP contribution in [0.2, 0.25) is 0 Å². The molecule has 2 rings (SSSR count). The molecule has 0 spiro atoms. The van der Waals surface area contributed by atoms with Crippen molar-refractivity contribution in [2.45, 2.75) is 19.4 Å². The van der Waals surface area contributed by atoms with Gasteiger partial charge in [0.15, 0.2) is 0 Å². The van der Waals surface area contributed by atoms with Crippen molar-refractivity contribution in [2.24, 2.45) is 0 Å². The summed E-state index contributed by atoms with van der Waals surface area (Å²) in [5.41, 5.74) is 2.32. The number of likely N-dealkylation sites (N-methyl/N-ethyl adjacent to an activating group) is 1. The van der Waals surface area contributed by atoms with Crippen molar-refractivity contribution in [1.29, 1.82) is 0 Å². The van der Waals surface area contributed by atoms with Crippen molar-refractivity contribution in [3.8, 4) is 0 Å². The highest BCUT2D eigenvalue weighted by Gasteiger charge is 2.12. The molecule has 0 fully saturated rings. The Morgan fingerprint density at radius 1 is 1.05 bits per heavy atom. The highest BCUT2D eigenvalue weighted by Crippen LogP contribution is 2.26. The second-order valence-corrected chi connectivity index (χ2v) is 6.47. The van der Waals surface area contributed by atoms with E-state index in [1.165, 1.54) is 17.7 Å². The van der Waals surface area contributed by atoms with Gasteiger partial charge in [0.2, 0.25) is 0 Å². The van der Waals surface area contributed by atoms with Gasteiger partial charge in [-0.25, -0.2) is 4.39 Å². The molecule has 1 unspecified atom stereocenters. The summed E-state index contributed by atoms with van der Waals surface area (Å²) in [6, 6.07) is 13.1. The number of rotatable bonds is 5. The fourth-order valence-electron chi connectivity index (χ4n) is 2.19. The minimum absolute atomic E-state index is 0.195. The van der Waals surface area contributed by atoms with E-state index in [4.69, 9.17) is 0 Å². The molecule has 106 valence electrons. The van der Waals surface area contributed by atoms with Gasteiger partial charge in [-0.2, -0.15) is 0 Å². The summed E-state index contributed by atoms with van der Waals surface area (Å²) >= 11 is 7.04. The largest absolute Gasteiger partial charge is 0.310 e. The summed E-state index contributed by atoms with van der Waals surface area (Å²) in [7, 11) is 0. The van der Waals surface area contributed by atoms with Crippen LogP contribution in [0.1, 0.15) is 24.1 Å². The van der Waals surface area contributed by atoms with Crippen LogP contribution in [0.4, 0.5) is 4.39 Å². The molecule has 20 heavy (non-hydrogen) atoms. The summed E-state index contributed by atoms with van der Waals surface area (Å²) in [6.45, 7) is 2.97. The molecule has 2 aromatic rings. The van der Waals surface area contributed by atoms with Crippen molar-refractivity contribution in [3.05, 3.63) is 68.4 Å². The van der Waals surface area contributed by atoms with Crippen LogP contribution < -0.4 is 5.32 Å². The zero-order valence-electron chi connectivity index (χ0n) is 11.2. The van der Waals surface area contributed by atoms with Crippen LogP contribution in [-0.4, -0.2) is 6.54 Å². The van der Waals surface area contributed by atoms with Gasteiger partial charge in [0, 0.05) is 15.0 Å². The molecule has 0 saturated carbocycles. The zero-order valence-corrected chi connectivity index (χ0v) is 14.3. The standard InChI is InChI=1S/C16H16Br2FN/c1-2-20-16(7-11-3-5-15(19)6-4-11)12-8-13(17)10-14(18)9-12/h3-6,8-10,16,20H,2,7H2,1H3. The van der Waals surface area contributed by atoms with E-state index in [0.29, 0.717) is 0 Å². The molecule has 0 amide bonds. The van der Waals surface area contributed by atoms with E-state index in [1.54, 1.807) is 0 Å². The van der Waals surface area contributed by atoms with Crippen molar-refractivity contribution < 1.29 is 4.39 Å². The van der Waals surface area contributed by atoms with Gasteiger partial charge in [-0.15, -0.1) is 0 Å². The monoisotopic (exact) mass is 399 g/mol. The summed E-state index contributed by atoms with van der Waals surface area (Å²) in [4.78, 5) is 0. The Morgan fingerprint density at radius 3 is 2.20 bits per heavy atom. The Hall–Kier alpha value is -0.710. The average molecular weight is 401 g/mol. The molecule has 1 N–H and O–H groups in total. The van der Waals surface area contributed by atoms with Crippen LogP contribution in [0.3, 0.4) is 0 Å². The van der Waals surface area contributed by atoms with E-state index < -0.39 is 0 Å². The summed E-state index contributed by atoms with van der Waals surface area (Å²) in [5.74, 6) is -0.195. The second-order valence-electron chi connectivity index (χ2n) is 4.64.